The molecule has 1 fully saturated rings. The zero-order valence-corrected chi connectivity index (χ0v) is 14.6. The summed E-state index contributed by atoms with van der Waals surface area (Å²) >= 11 is 0. The molecule has 1 aliphatic rings. The quantitative estimate of drug-likeness (QED) is 0.831. The fraction of sp³-hybridized carbons (Fsp3) is 0.250. The van der Waals surface area contributed by atoms with E-state index >= 15 is 0 Å². The van der Waals surface area contributed by atoms with Gasteiger partial charge in [-0.2, -0.15) is 0 Å². The van der Waals surface area contributed by atoms with Gasteiger partial charge in [-0.15, -0.1) is 0 Å². The first-order chi connectivity index (χ1) is 12.6. The second-order valence-corrected chi connectivity index (χ2v) is 6.12. The summed E-state index contributed by atoms with van der Waals surface area (Å²) in [6.45, 7) is 2.64. The number of amides is 3. The van der Waals surface area contributed by atoms with E-state index in [1.165, 1.54) is 0 Å². The number of anilines is 1. The normalized spacial score (nSPS) is 13.6. The minimum absolute atomic E-state index is 0.00491. The van der Waals surface area contributed by atoms with Crippen molar-refractivity contribution in [1.82, 2.24) is 10.9 Å². The van der Waals surface area contributed by atoms with E-state index in [9.17, 15) is 14.4 Å². The van der Waals surface area contributed by atoms with Crippen molar-refractivity contribution in [2.75, 3.05) is 11.4 Å². The second kappa shape index (κ2) is 7.82. The van der Waals surface area contributed by atoms with Crippen LogP contribution in [0.4, 0.5) is 5.69 Å². The molecule has 0 bridgehead atoms. The molecule has 0 aliphatic carbocycles. The molecule has 2 N–H and O–H groups in total. The zero-order chi connectivity index (χ0) is 18.5. The highest BCUT2D eigenvalue weighted by Crippen LogP contribution is 2.25. The third-order valence-corrected chi connectivity index (χ3v) is 4.43. The molecule has 0 spiro atoms. The van der Waals surface area contributed by atoms with Crippen LogP contribution in [-0.2, 0) is 11.2 Å². The summed E-state index contributed by atoms with van der Waals surface area (Å²) in [5.41, 5.74) is 7.36. The number of hydrogen-bond acceptors (Lipinski definition) is 3. The van der Waals surface area contributed by atoms with Gasteiger partial charge in [-0.3, -0.25) is 25.2 Å². The Balaban J connectivity index is 1.68. The first kappa shape index (κ1) is 17.7. The predicted molar refractivity (Wildman–Crippen MR) is 98.8 cm³/mol. The molecule has 1 saturated heterocycles. The van der Waals surface area contributed by atoms with Crippen molar-refractivity contribution in [3.8, 4) is 0 Å². The van der Waals surface area contributed by atoms with E-state index in [-0.39, 0.29) is 5.91 Å². The van der Waals surface area contributed by atoms with Crippen molar-refractivity contribution >= 4 is 23.4 Å². The van der Waals surface area contributed by atoms with Crippen LogP contribution >= 0.6 is 0 Å². The van der Waals surface area contributed by atoms with Gasteiger partial charge in [0, 0.05) is 18.5 Å². The molecular weight excluding hydrogens is 330 g/mol. The minimum Gasteiger partial charge on any atom is -0.312 e. The molecule has 134 valence electrons. The molecule has 2 aromatic carbocycles. The van der Waals surface area contributed by atoms with Crippen molar-refractivity contribution in [2.24, 2.45) is 0 Å². The number of rotatable bonds is 4. The highest BCUT2D eigenvalue weighted by molar-refractivity contribution is 6.06. The third kappa shape index (κ3) is 3.74. The number of carbonyl (C=O) groups excluding carboxylic acids is 3. The average molecular weight is 351 g/mol. The monoisotopic (exact) mass is 351 g/mol. The second-order valence-electron chi connectivity index (χ2n) is 6.12. The molecule has 0 radical (unpaired) electrons. The third-order valence-electron chi connectivity index (χ3n) is 4.43. The number of para-hydroxylation sites is 1. The zero-order valence-electron chi connectivity index (χ0n) is 14.6. The Hall–Kier alpha value is -3.15. The molecule has 0 unspecified atom stereocenters. The van der Waals surface area contributed by atoms with Gasteiger partial charge < -0.3 is 4.90 Å². The van der Waals surface area contributed by atoms with Gasteiger partial charge >= 0.3 is 0 Å². The number of aryl methyl sites for hydroxylation is 1. The number of nitrogens with one attached hydrogen (secondary N) is 2. The SMILES string of the molecule is CCc1ccc(C(=O)NNC(=O)c2ccccc2N2CCCC2=O)cc1. The Kier molecular flexibility index (Phi) is 5.31. The number of nitrogens with zero attached hydrogens (tertiary/aromatic N) is 1. The van der Waals surface area contributed by atoms with Gasteiger partial charge in [-0.05, 0) is 42.7 Å². The minimum atomic E-state index is -0.459. The lowest BCUT2D eigenvalue weighted by Crippen LogP contribution is -2.42. The molecule has 26 heavy (non-hydrogen) atoms. The van der Waals surface area contributed by atoms with E-state index in [1.54, 1.807) is 41.3 Å². The molecule has 0 saturated carbocycles. The van der Waals surface area contributed by atoms with Gasteiger partial charge in [0.1, 0.15) is 0 Å². The lowest BCUT2D eigenvalue weighted by molar-refractivity contribution is -0.117. The predicted octanol–water partition coefficient (Wildman–Crippen LogP) is 2.45. The number of hydrogen-bond donors (Lipinski definition) is 2. The van der Waals surface area contributed by atoms with Crippen LogP contribution in [0.25, 0.3) is 0 Å². The van der Waals surface area contributed by atoms with E-state index in [0.717, 1.165) is 18.4 Å². The van der Waals surface area contributed by atoms with E-state index in [4.69, 9.17) is 0 Å². The Morgan fingerprint density at radius 3 is 2.35 bits per heavy atom. The van der Waals surface area contributed by atoms with Crippen molar-refractivity contribution < 1.29 is 14.4 Å². The van der Waals surface area contributed by atoms with Crippen molar-refractivity contribution in [3.05, 3.63) is 65.2 Å². The van der Waals surface area contributed by atoms with Gasteiger partial charge in [0.25, 0.3) is 11.8 Å². The molecule has 1 heterocycles. The summed E-state index contributed by atoms with van der Waals surface area (Å²) in [6, 6.07) is 14.1. The Bertz CT molecular complexity index is 830. The van der Waals surface area contributed by atoms with Gasteiger partial charge in [0.15, 0.2) is 0 Å². The van der Waals surface area contributed by atoms with Crippen LogP contribution in [0.1, 0.15) is 46.0 Å². The first-order valence-electron chi connectivity index (χ1n) is 8.69. The van der Waals surface area contributed by atoms with Crippen LogP contribution in [0.5, 0.6) is 0 Å². The van der Waals surface area contributed by atoms with Gasteiger partial charge in [0.05, 0.1) is 11.3 Å². The molecule has 2 aromatic rings. The number of benzene rings is 2. The summed E-state index contributed by atoms with van der Waals surface area (Å²) in [5, 5.41) is 0. The first-order valence-corrected chi connectivity index (χ1v) is 8.69. The Morgan fingerprint density at radius 1 is 1.00 bits per heavy atom. The summed E-state index contributed by atoms with van der Waals surface area (Å²) in [4.78, 5) is 38.3. The van der Waals surface area contributed by atoms with Gasteiger partial charge in [0.2, 0.25) is 5.91 Å². The molecule has 3 rings (SSSR count). The average Bonchev–Trinajstić information content (AvgIpc) is 3.11. The van der Waals surface area contributed by atoms with E-state index in [2.05, 4.69) is 10.9 Å². The molecule has 3 amide bonds. The van der Waals surface area contributed by atoms with Gasteiger partial charge in [-0.25, -0.2) is 0 Å². The fourth-order valence-electron chi connectivity index (χ4n) is 2.95. The van der Waals surface area contributed by atoms with Crippen molar-refractivity contribution in [3.63, 3.8) is 0 Å². The van der Waals surface area contributed by atoms with Crippen LogP contribution in [0.3, 0.4) is 0 Å². The van der Waals surface area contributed by atoms with Crippen molar-refractivity contribution in [1.29, 1.82) is 0 Å². The maximum absolute atomic E-state index is 12.5. The molecule has 0 aromatic heterocycles. The Labute approximate surface area is 152 Å². The lowest BCUT2D eigenvalue weighted by Gasteiger charge is -2.19. The van der Waals surface area contributed by atoms with Crippen LogP contribution in [0, 0.1) is 0 Å². The summed E-state index contributed by atoms with van der Waals surface area (Å²) < 4.78 is 0. The van der Waals surface area contributed by atoms with Crippen LogP contribution in [0.15, 0.2) is 48.5 Å². The standard InChI is InChI=1S/C20H21N3O3/c1-2-14-9-11-15(12-10-14)19(25)21-22-20(26)16-6-3-4-7-17(16)23-13-5-8-18(23)24/h3-4,6-7,9-12H,2,5,8,13H2,1H3,(H,21,25)(H,22,26). The summed E-state index contributed by atoms with van der Waals surface area (Å²) in [7, 11) is 0. The fourth-order valence-corrected chi connectivity index (χ4v) is 2.95. The van der Waals surface area contributed by atoms with Crippen LogP contribution in [-0.4, -0.2) is 24.3 Å². The largest absolute Gasteiger partial charge is 0.312 e. The molecule has 1 aliphatic heterocycles. The molecule has 6 heteroatoms. The molecule has 6 nitrogen and oxygen atoms in total. The van der Waals surface area contributed by atoms with E-state index in [0.29, 0.717) is 29.8 Å². The highest BCUT2D eigenvalue weighted by atomic mass is 16.2. The molecular formula is C20H21N3O3. The summed E-state index contributed by atoms with van der Waals surface area (Å²) in [5.74, 6) is -0.847. The highest BCUT2D eigenvalue weighted by Gasteiger charge is 2.25. The van der Waals surface area contributed by atoms with Crippen LogP contribution < -0.4 is 15.8 Å². The van der Waals surface area contributed by atoms with Crippen molar-refractivity contribution in [2.45, 2.75) is 26.2 Å². The number of hydrazine groups is 1. The Morgan fingerprint density at radius 2 is 1.69 bits per heavy atom. The summed E-state index contributed by atoms with van der Waals surface area (Å²) in [6.07, 6.45) is 2.16. The van der Waals surface area contributed by atoms with Crippen LogP contribution in [0.2, 0.25) is 0 Å². The maximum Gasteiger partial charge on any atom is 0.271 e. The van der Waals surface area contributed by atoms with E-state index < -0.39 is 11.8 Å². The van der Waals surface area contributed by atoms with Gasteiger partial charge in [-0.1, -0.05) is 31.2 Å². The smallest absolute Gasteiger partial charge is 0.271 e. The molecule has 0 atom stereocenters. The van der Waals surface area contributed by atoms with E-state index in [1.807, 2.05) is 19.1 Å². The lowest BCUT2D eigenvalue weighted by atomic mass is 10.1. The topological polar surface area (TPSA) is 78.5 Å². The maximum atomic E-state index is 12.5. The number of carbonyl (C=O) groups is 3.